The molecule has 0 aliphatic carbocycles. The first-order valence-corrected chi connectivity index (χ1v) is 9.96. The molecule has 0 unspecified atom stereocenters. The van der Waals surface area contributed by atoms with Gasteiger partial charge in [-0.25, -0.2) is 9.48 Å². The molecule has 10 heteroatoms. The normalized spacial score (nSPS) is 17.0. The fourth-order valence-electron chi connectivity index (χ4n) is 3.96. The maximum absolute atomic E-state index is 12.7. The number of hydrogen-bond acceptors (Lipinski definition) is 6. The third-order valence-corrected chi connectivity index (χ3v) is 5.62. The monoisotopic (exact) mass is 400 g/mol. The average molecular weight is 400 g/mol. The number of carbonyl (C=O) groups excluding carboxylic acids is 1. The number of fused-ring (bicyclic) bond motifs is 1. The number of anilines is 1. The Morgan fingerprint density at radius 2 is 1.76 bits per heavy atom. The molecule has 1 saturated heterocycles. The van der Waals surface area contributed by atoms with Crippen molar-refractivity contribution >= 4 is 17.3 Å². The van der Waals surface area contributed by atoms with Gasteiger partial charge in [0.15, 0.2) is 0 Å². The summed E-state index contributed by atoms with van der Waals surface area (Å²) in [6.45, 7) is 3.00. The number of carbonyl (C=O) groups is 1. The molecule has 3 heterocycles. The van der Waals surface area contributed by atoms with Crippen molar-refractivity contribution in [3.63, 3.8) is 0 Å². The van der Waals surface area contributed by atoms with Crippen molar-refractivity contribution in [2.75, 3.05) is 31.1 Å². The fourth-order valence-corrected chi connectivity index (χ4v) is 3.96. The highest BCUT2D eigenvalue weighted by atomic mass is 16.6. The molecule has 0 N–H and O–H groups in total. The lowest BCUT2D eigenvalue weighted by atomic mass is 10.2. The lowest BCUT2D eigenvalue weighted by molar-refractivity contribution is -0.384. The van der Waals surface area contributed by atoms with E-state index in [1.807, 2.05) is 0 Å². The zero-order valence-electron chi connectivity index (χ0n) is 16.2. The van der Waals surface area contributed by atoms with E-state index in [9.17, 15) is 19.7 Å². The van der Waals surface area contributed by atoms with Crippen LogP contribution >= 0.6 is 0 Å². The topological polar surface area (TPSA) is 107 Å². The van der Waals surface area contributed by atoms with Crippen molar-refractivity contribution in [1.29, 1.82) is 0 Å². The summed E-state index contributed by atoms with van der Waals surface area (Å²) in [6.07, 6.45) is 3.87. The van der Waals surface area contributed by atoms with Crippen LogP contribution in [-0.2, 0) is 24.3 Å². The number of aromatic nitrogens is 3. The highest BCUT2D eigenvalue weighted by molar-refractivity contribution is 5.76. The number of amides is 1. The number of hydrogen-bond donors (Lipinski definition) is 0. The number of rotatable bonds is 4. The molecule has 1 aromatic carbocycles. The number of piperazine rings is 1. The van der Waals surface area contributed by atoms with E-state index >= 15 is 0 Å². The van der Waals surface area contributed by atoms with E-state index in [1.54, 1.807) is 21.6 Å². The standard InChI is InChI=1S/C19H24N6O4/c26-18(14-24-19(27)23-9-3-1-2-4-17(23)20-24)22-12-10-21(11-13-22)15-5-7-16(8-6-15)25(28)29/h5-8H,1-4,9-14H2. The van der Waals surface area contributed by atoms with Crippen LogP contribution in [0.4, 0.5) is 11.4 Å². The third-order valence-electron chi connectivity index (χ3n) is 5.62. The van der Waals surface area contributed by atoms with E-state index in [2.05, 4.69) is 10.00 Å². The molecule has 1 aromatic heterocycles. The van der Waals surface area contributed by atoms with Gasteiger partial charge >= 0.3 is 5.69 Å². The van der Waals surface area contributed by atoms with E-state index in [1.165, 1.54) is 16.8 Å². The summed E-state index contributed by atoms with van der Waals surface area (Å²) in [5, 5.41) is 15.2. The van der Waals surface area contributed by atoms with Crippen molar-refractivity contribution in [3.8, 4) is 0 Å². The quantitative estimate of drug-likeness (QED) is 0.560. The van der Waals surface area contributed by atoms with Crippen LogP contribution in [0.15, 0.2) is 29.1 Å². The van der Waals surface area contributed by atoms with Gasteiger partial charge in [-0.15, -0.1) is 0 Å². The molecule has 29 heavy (non-hydrogen) atoms. The molecule has 0 saturated carbocycles. The molecular formula is C19H24N6O4. The minimum atomic E-state index is -0.419. The van der Waals surface area contributed by atoms with E-state index < -0.39 is 4.92 Å². The zero-order valence-corrected chi connectivity index (χ0v) is 16.2. The highest BCUT2D eigenvalue weighted by Gasteiger charge is 2.24. The van der Waals surface area contributed by atoms with Crippen LogP contribution in [0, 0.1) is 10.1 Å². The Morgan fingerprint density at radius 3 is 2.45 bits per heavy atom. The predicted octanol–water partition coefficient (Wildman–Crippen LogP) is 1.03. The first-order chi connectivity index (χ1) is 14.0. The Balaban J connectivity index is 1.36. The van der Waals surface area contributed by atoms with Crippen molar-refractivity contribution in [2.45, 2.75) is 38.8 Å². The van der Waals surface area contributed by atoms with Gasteiger partial charge in [0.25, 0.3) is 5.69 Å². The van der Waals surface area contributed by atoms with E-state index in [-0.39, 0.29) is 23.8 Å². The summed E-state index contributed by atoms with van der Waals surface area (Å²) in [5.74, 6) is 0.673. The molecule has 0 bridgehead atoms. The number of non-ortho nitro benzene ring substituents is 1. The minimum absolute atomic E-state index is 0.0314. The molecule has 2 aromatic rings. The van der Waals surface area contributed by atoms with Gasteiger partial charge in [0.05, 0.1) is 4.92 Å². The largest absolute Gasteiger partial charge is 0.368 e. The number of benzene rings is 1. The smallest absolute Gasteiger partial charge is 0.346 e. The Kier molecular flexibility index (Phi) is 5.32. The van der Waals surface area contributed by atoms with Crippen LogP contribution in [-0.4, -0.2) is 56.3 Å². The maximum Gasteiger partial charge on any atom is 0.346 e. The second kappa shape index (κ2) is 8.06. The maximum atomic E-state index is 12.7. The van der Waals surface area contributed by atoms with E-state index in [0.29, 0.717) is 32.7 Å². The third kappa shape index (κ3) is 4.01. The SMILES string of the molecule is O=C(Cn1nc2n(c1=O)CCCCC2)N1CCN(c2ccc([N+](=O)[O-])cc2)CC1. The van der Waals surface area contributed by atoms with Gasteiger partial charge in [-0.05, 0) is 25.0 Å². The van der Waals surface area contributed by atoms with E-state index in [4.69, 9.17) is 0 Å². The Labute approximate surface area is 167 Å². The van der Waals surface area contributed by atoms with Crippen molar-refractivity contribution in [1.82, 2.24) is 19.2 Å². The Bertz CT molecular complexity index is 956. The lowest BCUT2D eigenvalue weighted by Gasteiger charge is -2.36. The molecule has 10 nitrogen and oxygen atoms in total. The summed E-state index contributed by atoms with van der Waals surface area (Å²) < 4.78 is 3.00. The van der Waals surface area contributed by atoms with Gasteiger partial charge in [-0.2, -0.15) is 5.10 Å². The van der Waals surface area contributed by atoms with Gasteiger partial charge in [0.2, 0.25) is 5.91 Å². The summed E-state index contributed by atoms with van der Waals surface area (Å²) in [7, 11) is 0. The van der Waals surface area contributed by atoms with Gasteiger partial charge < -0.3 is 9.80 Å². The van der Waals surface area contributed by atoms with Gasteiger partial charge in [0, 0.05) is 57.0 Å². The molecular weight excluding hydrogens is 376 g/mol. The molecule has 154 valence electrons. The summed E-state index contributed by atoms with van der Waals surface area (Å²) in [4.78, 5) is 39.4. The molecule has 0 spiro atoms. The second-order valence-corrected chi connectivity index (χ2v) is 7.46. The number of nitro groups is 1. The van der Waals surface area contributed by atoms with Crippen LogP contribution < -0.4 is 10.6 Å². The predicted molar refractivity (Wildman–Crippen MR) is 106 cm³/mol. The molecule has 2 aliphatic heterocycles. The van der Waals surface area contributed by atoms with Crippen molar-refractivity contribution < 1.29 is 9.72 Å². The van der Waals surface area contributed by atoms with Crippen LogP contribution in [0.3, 0.4) is 0 Å². The molecule has 4 rings (SSSR count). The zero-order chi connectivity index (χ0) is 20.4. The lowest BCUT2D eigenvalue weighted by Crippen LogP contribution is -2.50. The fraction of sp³-hybridized carbons (Fsp3) is 0.526. The van der Waals surface area contributed by atoms with Gasteiger partial charge in [-0.1, -0.05) is 6.42 Å². The molecule has 1 amide bonds. The van der Waals surface area contributed by atoms with Crippen LogP contribution in [0.1, 0.15) is 25.1 Å². The Hall–Kier alpha value is -3.17. The average Bonchev–Trinajstić information content (AvgIpc) is 2.89. The first-order valence-electron chi connectivity index (χ1n) is 9.96. The minimum Gasteiger partial charge on any atom is -0.368 e. The number of nitro benzene ring substituents is 1. The Morgan fingerprint density at radius 1 is 1.03 bits per heavy atom. The molecule has 0 atom stereocenters. The number of nitrogens with zero attached hydrogens (tertiary/aromatic N) is 6. The summed E-state index contributed by atoms with van der Waals surface area (Å²) >= 11 is 0. The van der Waals surface area contributed by atoms with Crippen LogP contribution in [0.2, 0.25) is 0 Å². The van der Waals surface area contributed by atoms with Crippen molar-refractivity contribution in [2.24, 2.45) is 0 Å². The molecule has 2 aliphatic rings. The number of aryl methyl sites for hydroxylation is 1. The second-order valence-electron chi connectivity index (χ2n) is 7.46. The van der Waals surface area contributed by atoms with Crippen molar-refractivity contribution in [3.05, 3.63) is 50.7 Å². The summed E-state index contributed by atoms with van der Waals surface area (Å²) in [5.41, 5.74) is 0.767. The van der Waals surface area contributed by atoms with Crippen LogP contribution in [0.5, 0.6) is 0 Å². The molecule has 1 fully saturated rings. The molecule has 0 radical (unpaired) electrons. The van der Waals surface area contributed by atoms with E-state index in [0.717, 1.165) is 37.2 Å². The van der Waals surface area contributed by atoms with Crippen LogP contribution in [0.25, 0.3) is 0 Å². The van der Waals surface area contributed by atoms with Gasteiger partial charge in [-0.3, -0.25) is 19.5 Å². The first kappa shape index (κ1) is 19.2. The highest BCUT2D eigenvalue weighted by Crippen LogP contribution is 2.20. The summed E-state index contributed by atoms with van der Waals surface area (Å²) in [6, 6.07) is 6.44. The van der Waals surface area contributed by atoms with Gasteiger partial charge in [0.1, 0.15) is 12.4 Å².